The molecule has 1 aromatic rings. The van der Waals surface area contributed by atoms with Gasteiger partial charge in [-0.3, -0.25) is 4.68 Å². The topological polar surface area (TPSA) is 55.2 Å². The van der Waals surface area contributed by atoms with Crippen LogP contribution in [0.15, 0.2) is 6.07 Å². The molecular formula is C18H26F3N3O2S. The molecule has 0 amide bonds. The highest BCUT2D eigenvalue weighted by Crippen LogP contribution is 2.44. The molecule has 0 aromatic carbocycles. The lowest BCUT2D eigenvalue weighted by molar-refractivity contribution is -0.141. The Morgan fingerprint density at radius 2 is 1.70 bits per heavy atom. The van der Waals surface area contributed by atoms with Crippen LogP contribution in [0.2, 0.25) is 0 Å². The summed E-state index contributed by atoms with van der Waals surface area (Å²) in [6.45, 7) is 1.88. The zero-order valence-corrected chi connectivity index (χ0v) is 16.3. The standard InChI is InChI=1S/C18H26F3N3O2S/c1-23-15(10-16(22-23)18(19,20)21)13-2-4-14(5-3-13)24-8-6-17(7-9-24)11-27(25,26)12-17/h10,13-14H,2-9,11-12H2,1H3. The van der Waals surface area contributed by atoms with Crippen LogP contribution in [0, 0.1) is 5.41 Å². The minimum atomic E-state index is -4.40. The van der Waals surface area contributed by atoms with Crippen LogP contribution in [0.3, 0.4) is 0 Å². The molecule has 1 spiro atoms. The highest BCUT2D eigenvalue weighted by Gasteiger charge is 2.50. The second kappa shape index (κ2) is 6.47. The summed E-state index contributed by atoms with van der Waals surface area (Å²) < 4.78 is 63.0. The van der Waals surface area contributed by atoms with Crippen molar-refractivity contribution < 1.29 is 21.6 Å². The minimum absolute atomic E-state index is 0.0231. The van der Waals surface area contributed by atoms with Crippen LogP contribution in [-0.2, 0) is 23.1 Å². The van der Waals surface area contributed by atoms with E-state index in [1.54, 1.807) is 7.05 Å². The number of aromatic nitrogens is 2. The van der Waals surface area contributed by atoms with Gasteiger partial charge in [0.1, 0.15) is 0 Å². The Labute approximate surface area is 157 Å². The second-order valence-corrected chi connectivity index (χ2v) is 10.7. The third kappa shape index (κ3) is 3.77. The van der Waals surface area contributed by atoms with E-state index in [4.69, 9.17) is 0 Å². The van der Waals surface area contributed by atoms with Crippen molar-refractivity contribution in [2.24, 2.45) is 12.5 Å². The van der Waals surface area contributed by atoms with Crippen molar-refractivity contribution in [1.82, 2.24) is 14.7 Å². The molecule has 27 heavy (non-hydrogen) atoms. The van der Waals surface area contributed by atoms with E-state index >= 15 is 0 Å². The number of rotatable bonds is 2. The van der Waals surface area contributed by atoms with Gasteiger partial charge < -0.3 is 4.90 Å². The smallest absolute Gasteiger partial charge is 0.300 e. The quantitative estimate of drug-likeness (QED) is 0.759. The molecule has 3 fully saturated rings. The molecule has 0 atom stereocenters. The molecule has 0 N–H and O–H groups in total. The van der Waals surface area contributed by atoms with E-state index in [-0.39, 0.29) is 11.3 Å². The molecular weight excluding hydrogens is 379 g/mol. The zero-order chi connectivity index (χ0) is 19.4. The molecule has 1 aromatic heterocycles. The summed E-state index contributed by atoms with van der Waals surface area (Å²) in [4.78, 5) is 2.47. The highest BCUT2D eigenvalue weighted by molar-refractivity contribution is 7.92. The van der Waals surface area contributed by atoms with Gasteiger partial charge in [-0.25, -0.2) is 8.42 Å². The number of sulfone groups is 1. The van der Waals surface area contributed by atoms with Gasteiger partial charge in [-0.15, -0.1) is 0 Å². The molecule has 152 valence electrons. The first-order valence-electron chi connectivity index (χ1n) is 9.63. The number of piperidine rings is 1. The number of halogens is 3. The van der Waals surface area contributed by atoms with Crippen LogP contribution in [0.1, 0.15) is 55.8 Å². The maximum absolute atomic E-state index is 12.9. The van der Waals surface area contributed by atoms with Crippen LogP contribution in [0.5, 0.6) is 0 Å². The molecule has 9 heteroatoms. The molecule has 0 unspecified atom stereocenters. The fraction of sp³-hybridized carbons (Fsp3) is 0.833. The predicted molar refractivity (Wildman–Crippen MR) is 95.1 cm³/mol. The van der Waals surface area contributed by atoms with Crippen molar-refractivity contribution in [2.45, 2.75) is 56.7 Å². The van der Waals surface area contributed by atoms with Crippen molar-refractivity contribution in [2.75, 3.05) is 24.6 Å². The molecule has 1 aliphatic carbocycles. The first-order valence-corrected chi connectivity index (χ1v) is 11.4. The van der Waals surface area contributed by atoms with Gasteiger partial charge in [0.2, 0.25) is 0 Å². The van der Waals surface area contributed by atoms with Gasteiger partial charge in [0.05, 0.1) is 11.5 Å². The van der Waals surface area contributed by atoms with E-state index in [2.05, 4.69) is 10.00 Å². The lowest BCUT2D eigenvalue weighted by Gasteiger charge is -2.49. The fourth-order valence-electron chi connectivity index (χ4n) is 5.28. The minimum Gasteiger partial charge on any atom is -0.300 e. The number of aryl methyl sites for hydroxylation is 1. The summed E-state index contributed by atoms with van der Waals surface area (Å²) in [5, 5.41) is 3.64. The summed E-state index contributed by atoms with van der Waals surface area (Å²) >= 11 is 0. The number of hydrogen-bond acceptors (Lipinski definition) is 4. The van der Waals surface area contributed by atoms with Crippen LogP contribution in [-0.4, -0.2) is 53.7 Å². The van der Waals surface area contributed by atoms with Crippen molar-refractivity contribution in [3.05, 3.63) is 17.5 Å². The lowest BCUT2D eigenvalue weighted by atomic mass is 9.78. The van der Waals surface area contributed by atoms with E-state index in [0.717, 1.165) is 51.6 Å². The van der Waals surface area contributed by atoms with Gasteiger partial charge in [0, 0.05) is 30.1 Å². The van der Waals surface area contributed by atoms with Gasteiger partial charge in [-0.2, -0.15) is 18.3 Å². The molecule has 2 saturated heterocycles. The molecule has 5 nitrogen and oxygen atoms in total. The fourth-order valence-corrected chi connectivity index (χ4v) is 7.64. The zero-order valence-electron chi connectivity index (χ0n) is 15.5. The molecule has 3 heterocycles. The molecule has 3 aliphatic rings. The normalized spacial score (nSPS) is 31.0. The van der Waals surface area contributed by atoms with Crippen LogP contribution < -0.4 is 0 Å². The maximum atomic E-state index is 12.9. The van der Waals surface area contributed by atoms with Crippen LogP contribution >= 0.6 is 0 Å². The highest BCUT2D eigenvalue weighted by atomic mass is 32.2. The number of likely N-dealkylation sites (tertiary alicyclic amines) is 1. The summed E-state index contributed by atoms with van der Waals surface area (Å²) in [6.07, 6.45) is 1.19. The summed E-state index contributed by atoms with van der Waals surface area (Å²) in [6, 6.07) is 1.66. The molecule has 0 bridgehead atoms. The van der Waals surface area contributed by atoms with E-state index in [0.29, 0.717) is 23.2 Å². The molecule has 0 radical (unpaired) electrons. The average Bonchev–Trinajstić information content (AvgIpc) is 2.96. The molecule has 2 aliphatic heterocycles. The Bertz CT molecular complexity index is 788. The third-order valence-corrected chi connectivity index (χ3v) is 8.85. The van der Waals surface area contributed by atoms with Crippen LogP contribution in [0.25, 0.3) is 0 Å². The molecule has 1 saturated carbocycles. The van der Waals surface area contributed by atoms with Gasteiger partial charge in [0.25, 0.3) is 0 Å². The Balaban J connectivity index is 1.32. The first-order chi connectivity index (χ1) is 12.6. The van der Waals surface area contributed by atoms with E-state index in [1.807, 2.05) is 0 Å². The van der Waals surface area contributed by atoms with E-state index in [9.17, 15) is 21.6 Å². The van der Waals surface area contributed by atoms with E-state index < -0.39 is 21.7 Å². The van der Waals surface area contributed by atoms with Crippen LogP contribution in [0.4, 0.5) is 13.2 Å². The number of hydrogen-bond donors (Lipinski definition) is 0. The predicted octanol–water partition coefficient (Wildman–Crippen LogP) is 2.98. The SMILES string of the molecule is Cn1nc(C(F)(F)F)cc1C1CCC(N2CCC3(CC2)CS(=O)(=O)C3)CC1. The number of alkyl halides is 3. The summed E-state index contributed by atoms with van der Waals surface area (Å²) in [5.41, 5.74) is -0.105. The van der Waals surface area contributed by atoms with Crippen molar-refractivity contribution in [1.29, 1.82) is 0 Å². The van der Waals surface area contributed by atoms with Gasteiger partial charge >= 0.3 is 6.18 Å². The lowest BCUT2D eigenvalue weighted by Crippen LogP contribution is -2.56. The van der Waals surface area contributed by atoms with Crippen molar-refractivity contribution in [3.63, 3.8) is 0 Å². The number of nitrogens with zero attached hydrogens (tertiary/aromatic N) is 3. The maximum Gasteiger partial charge on any atom is 0.435 e. The first kappa shape index (κ1) is 19.2. The Morgan fingerprint density at radius 3 is 2.19 bits per heavy atom. The van der Waals surface area contributed by atoms with Gasteiger partial charge in [0.15, 0.2) is 15.5 Å². The molecule has 4 rings (SSSR count). The summed E-state index contributed by atoms with van der Waals surface area (Å²) in [5.74, 6) is 0.827. The van der Waals surface area contributed by atoms with Crippen molar-refractivity contribution in [3.8, 4) is 0 Å². The average molecular weight is 405 g/mol. The monoisotopic (exact) mass is 405 g/mol. The second-order valence-electron chi connectivity index (χ2n) is 8.65. The largest absolute Gasteiger partial charge is 0.435 e. The van der Waals surface area contributed by atoms with Gasteiger partial charge in [-0.05, 0) is 57.7 Å². The third-order valence-electron chi connectivity index (χ3n) is 6.75. The summed E-state index contributed by atoms with van der Waals surface area (Å²) in [7, 11) is -1.20. The van der Waals surface area contributed by atoms with Gasteiger partial charge in [-0.1, -0.05) is 0 Å². The van der Waals surface area contributed by atoms with E-state index in [1.165, 1.54) is 10.7 Å². The Kier molecular flexibility index (Phi) is 4.61. The Hall–Kier alpha value is -1.09. The van der Waals surface area contributed by atoms with Crippen molar-refractivity contribution >= 4 is 9.84 Å². The Morgan fingerprint density at radius 1 is 1.11 bits per heavy atom.